The van der Waals surface area contributed by atoms with Crippen LogP contribution in [0.4, 0.5) is 10.3 Å². The summed E-state index contributed by atoms with van der Waals surface area (Å²) in [6.07, 6.45) is -3.59. The minimum absolute atomic E-state index is 0.0169. The second-order valence-electron chi connectivity index (χ2n) is 6.84. The zero-order valence-electron chi connectivity index (χ0n) is 19.8. The van der Waals surface area contributed by atoms with Gasteiger partial charge in [-0.15, -0.1) is 0 Å². The van der Waals surface area contributed by atoms with Crippen LogP contribution in [0.15, 0.2) is 6.33 Å². The molecule has 214 valence electrons. The van der Waals surface area contributed by atoms with Gasteiger partial charge in [-0.3, -0.25) is 9.09 Å². The van der Waals surface area contributed by atoms with Crippen molar-refractivity contribution in [2.75, 3.05) is 33.1 Å². The van der Waals surface area contributed by atoms with Gasteiger partial charge >= 0.3 is 23.5 Å². The second-order valence-corrected chi connectivity index (χ2v) is 11.3. The molecule has 2 rings (SSSR count). The standard InChI is InChI=1S/C13H23FN5O13P3.CH5N/c1-4-29-11-7-10(17-12(15)18-11)19(6-16-7)9(14)8(20)13(2,28-3)5-30-34(24,25)32-35(26,27)31-33(21,22)23;1-2/h6,8-9,20H,4-5H2,1-3H3,(H,24,25)(H,26,27)(H2,15,17,18)(H2,21,22,23);2H2,1H3/t8-,9-,13+;/m0./s1. The minimum Gasteiger partial charge on any atom is -0.476 e. The Morgan fingerprint density at radius 1 is 1.14 bits per heavy atom. The van der Waals surface area contributed by atoms with Crippen molar-refractivity contribution in [2.24, 2.45) is 5.73 Å². The fraction of sp³-hybridized carbons (Fsp3) is 0.643. The Kier molecular flexibility index (Phi) is 11.7. The molecule has 19 nitrogen and oxygen atoms in total. The van der Waals surface area contributed by atoms with Gasteiger partial charge in [-0.05, 0) is 20.9 Å². The summed E-state index contributed by atoms with van der Waals surface area (Å²) in [5.74, 6) is -0.329. The summed E-state index contributed by atoms with van der Waals surface area (Å²) in [7, 11) is -14.5. The van der Waals surface area contributed by atoms with Crippen molar-refractivity contribution in [3.05, 3.63) is 6.33 Å². The lowest BCUT2D eigenvalue weighted by Gasteiger charge is -2.35. The molecule has 0 spiro atoms. The maximum absolute atomic E-state index is 15.3. The van der Waals surface area contributed by atoms with Crippen LogP contribution in [0.3, 0.4) is 0 Å². The van der Waals surface area contributed by atoms with E-state index in [1.165, 1.54) is 7.05 Å². The molecule has 0 fully saturated rings. The first kappa shape index (κ1) is 33.4. The molecule has 2 aromatic rings. The number of nitrogen functional groups attached to an aromatic ring is 1. The Labute approximate surface area is 209 Å². The van der Waals surface area contributed by atoms with Gasteiger partial charge in [-0.1, -0.05) is 0 Å². The smallest absolute Gasteiger partial charge is 0.476 e. The first-order valence-corrected chi connectivity index (χ1v) is 14.3. The number of hydrogen-bond donors (Lipinski definition) is 7. The van der Waals surface area contributed by atoms with Gasteiger partial charge in [0.15, 0.2) is 11.2 Å². The van der Waals surface area contributed by atoms with E-state index in [1.807, 2.05) is 0 Å². The van der Waals surface area contributed by atoms with Gasteiger partial charge in [0.1, 0.15) is 11.7 Å². The number of aromatic nitrogens is 4. The summed E-state index contributed by atoms with van der Waals surface area (Å²) in [5.41, 5.74) is 7.83. The summed E-state index contributed by atoms with van der Waals surface area (Å²) in [6.45, 7) is 1.75. The van der Waals surface area contributed by atoms with Crippen molar-refractivity contribution >= 4 is 40.6 Å². The SMILES string of the molecule is CCOc1nc(N)nc2c1ncn2[C@H](F)[C@H](O)[C@@](C)(COP(=O)(O)OP(=O)(O)OP(=O)(O)O)OC.CN. The van der Waals surface area contributed by atoms with E-state index in [-0.39, 0.29) is 29.6 Å². The topological polar surface area (TPSA) is 294 Å². The van der Waals surface area contributed by atoms with Crippen LogP contribution in [0, 0.1) is 0 Å². The van der Waals surface area contributed by atoms with E-state index in [1.54, 1.807) is 6.92 Å². The molecule has 0 aliphatic heterocycles. The molecule has 0 aliphatic carbocycles. The number of phosphoric acid groups is 3. The fourth-order valence-corrected chi connectivity index (χ4v) is 5.66. The Balaban J connectivity index is 0.00000334. The Hall–Kier alpha value is -1.63. The molecule has 9 N–H and O–H groups in total. The number of nitrogens with zero attached hydrogens (tertiary/aromatic N) is 4. The van der Waals surface area contributed by atoms with Crippen LogP contribution in [0.1, 0.15) is 20.1 Å². The normalized spacial score (nSPS) is 18.6. The number of ether oxygens (including phenoxy) is 2. The highest BCUT2D eigenvalue weighted by Gasteiger charge is 2.45. The number of halogens is 1. The maximum atomic E-state index is 15.3. The van der Waals surface area contributed by atoms with Gasteiger partial charge in [0, 0.05) is 7.11 Å². The molecule has 0 radical (unpaired) electrons. The predicted octanol–water partition coefficient (Wildman–Crippen LogP) is -0.0405. The van der Waals surface area contributed by atoms with Gasteiger partial charge in [0.05, 0.1) is 19.5 Å². The quantitative estimate of drug-likeness (QED) is 0.148. The van der Waals surface area contributed by atoms with Crippen molar-refractivity contribution < 1.29 is 65.4 Å². The Morgan fingerprint density at radius 3 is 2.24 bits per heavy atom. The molecular weight excluding hydrogens is 572 g/mol. The van der Waals surface area contributed by atoms with E-state index in [2.05, 4.69) is 33.8 Å². The molecule has 0 saturated heterocycles. The van der Waals surface area contributed by atoms with E-state index >= 15 is 4.39 Å². The maximum Gasteiger partial charge on any atom is 0.490 e. The predicted molar refractivity (Wildman–Crippen MR) is 122 cm³/mol. The van der Waals surface area contributed by atoms with E-state index < -0.39 is 48.1 Å². The van der Waals surface area contributed by atoms with Gasteiger partial charge < -0.3 is 45.6 Å². The van der Waals surface area contributed by atoms with E-state index in [0.717, 1.165) is 24.9 Å². The van der Waals surface area contributed by atoms with Crippen LogP contribution in [0.5, 0.6) is 5.88 Å². The number of rotatable bonds is 13. The fourth-order valence-electron chi connectivity index (χ4n) is 2.55. The van der Waals surface area contributed by atoms with Gasteiger partial charge in [0.25, 0.3) is 0 Å². The lowest BCUT2D eigenvalue weighted by molar-refractivity contribution is -0.150. The molecule has 23 heteroatoms. The lowest BCUT2D eigenvalue weighted by Crippen LogP contribution is -2.48. The molecule has 2 unspecified atom stereocenters. The highest BCUT2D eigenvalue weighted by molar-refractivity contribution is 7.66. The third kappa shape index (κ3) is 9.26. The number of anilines is 1. The number of hydrogen-bond acceptors (Lipinski definition) is 14. The summed E-state index contributed by atoms with van der Waals surface area (Å²) in [5, 5.41) is 10.6. The highest BCUT2D eigenvalue weighted by Crippen LogP contribution is 2.66. The zero-order valence-corrected chi connectivity index (χ0v) is 22.5. The zero-order chi connectivity index (χ0) is 28.8. The lowest BCUT2D eigenvalue weighted by atomic mass is 9.99. The highest BCUT2D eigenvalue weighted by atomic mass is 31.3. The summed E-state index contributed by atoms with van der Waals surface area (Å²) in [6, 6.07) is 0. The van der Waals surface area contributed by atoms with Gasteiger partial charge in [-0.25, -0.2) is 23.1 Å². The Bertz CT molecular complexity index is 1200. The Morgan fingerprint density at radius 2 is 1.73 bits per heavy atom. The van der Waals surface area contributed by atoms with E-state index in [0.29, 0.717) is 0 Å². The van der Waals surface area contributed by atoms with Crippen molar-refractivity contribution in [2.45, 2.75) is 31.8 Å². The summed E-state index contributed by atoms with van der Waals surface area (Å²) < 4.78 is 72.1. The first-order chi connectivity index (χ1) is 16.9. The third-order valence-corrected chi connectivity index (χ3v) is 8.02. The molecule has 0 amide bonds. The second kappa shape index (κ2) is 12.9. The minimum atomic E-state index is -5.78. The van der Waals surface area contributed by atoms with Crippen molar-refractivity contribution in [1.29, 1.82) is 0 Å². The van der Waals surface area contributed by atoms with Gasteiger partial charge in [0.2, 0.25) is 18.1 Å². The summed E-state index contributed by atoms with van der Waals surface area (Å²) >= 11 is 0. The van der Waals surface area contributed by atoms with Crippen LogP contribution in [-0.4, -0.2) is 83.3 Å². The molecule has 0 aromatic carbocycles. The molecule has 2 heterocycles. The number of aliphatic hydroxyl groups excluding tert-OH is 1. The van der Waals surface area contributed by atoms with E-state index in [9.17, 15) is 28.6 Å². The number of alkyl halides is 1. The van der Waals surface area contributed by atoms with Crippen molar-refractivity contribution in [1.82, 2.24) is 19.5 Å². The molecule has 5 atom stereocenters. The number of aliphatic hydroxyl groups is 1. The molecule has 2 aromatic heterocycles. The van der Waals surface area contributed by atoms with E-state index in [4.69, 9.17) is 25.0 Å². The third-order valence-electron chi connectivity index (χ3n) is 4.24. The van der Waals surface area contributed by atoms with Crippen molar-refractivity contribution in [3.8, 4) is 5.88 Å². The van der Waals surface area contributed by atoms with Crippen LogP contribution in [0.2, 0.25) is 0 Å². The first-order valence-electron chi connectivity index (χ1n) is 9.80. The number of imidazole rings is 1. The molecule has 0 saturated carbocycles. The molecular formula is C14H28FN6O13P3. The number of fused-ring (bicyclic) bond motifs is 1. The van der Waals surface area contributed by atoms with Crippen LogP contribution in [-0.2, 0) is 31.6 Å². The van der Waals surface area contributed by atoms with Crippen LogP contribution < -0.4 is 16.2 Å². The molecule has 37 heavy (non-hydrogen) atoms. The monoisotopic (exact) mass is 600 g/mol. The molecule has 0 aliphatic rings. The van der Waals surface area contributed by atoms with Gasteiger partial charge in [-0.2, -0.15) is 18.6 Å². The largest absolute Gasteiger partial charge is 0.490 e. The van der Waals surface area contributed by atoms with Crippen molar-refractivity contribution in [3.63, 3.8) is 0 Å². The van der Waals surface area contributed by atoms with Crippen LogP contribution >= 0.6 is 23.5 Å². The number of nitrogens with two attached hydrogens (primary N) is 2. The number of phosphoric ester groups is 1. The number of methoxy groups -OCH3 is 1. The average molecular weight is 600 g/mol. The molecule has 0 bridgehead atoms. The van der Waals surface area contributed by atoms with Crippen LogP contribution in [0.25, 0.3) is 11.2 Å². The summed E-state index contributed by atoms with van der Waals surface area (Å²) in [4.78, 5) is 47.6. The average Bonchev–Trinajstić information content (AvgIpc) is 3.19.